The van der Waals surface area contributed by atoms with Gasteiger partial charge in [0.2, 0.25) is 0 Å². The summed E-state index contributed by atoms with van der Waals surface area (Å²) in [5.41, 5.74) is 1.23. The molecule has 0 aliphatic rings. The van der Waals surface area contributed by atoms with Gasteiger partial charge >= 0.3 is 86.2 Å². The van der Waals surface area contributed by atoms with Gasteiger partial charge in [0.05, 0.1) is 0 Å². The van der Waals surface area contributed by atoms with Crippen LogP contribution in [0.15, 0.2) is 24.3 Å². The molecule has 1 rings (SSSR count). The van der Waals surface area contributed by atoms with E-state index in [1.165, 1.54) is 9.91 Å². The van der Waals surface area contributed by atoms with Crippen molar-refractivity contribution < 1.29 is 9.90 Å². The molecular weight excluding hydrogens is 227 g/mol. The SMILES string of the molecule is O=C(O)CCCc1ccccc1[As]. The normalized spacial score (nSPS) is 9.92. The number of aryl methyl sites for hydroxylation is 1. The van der Waals surface area contributed by atoms with Crippen molar-refractivity contribution in [1.29, 1.82) is 0 Å². The second kappa shape index (κ2) is 5.08. The fraction of sp³-hybridized carbons (Fsp3) is 0.300. The van der Waals surface area contributed by atoms with Crippen LogP contribution in [-0.4, -0.2) is 27.9 Å². The van der Waals surface area contributed by atoms with Gasteiger partial charge in [-0.3, -0.25) is 0 Å². The van der Waals surface area contributed by atoms with Crippen molar-refractivity contribution in [1.82, 2.24) is 0 Å². The van der Waals surface area contributed by atoms with Crippen LogP contribution in [0.25, 0.3) is 0 Å². The van der Waals surface area contributed by atoms with Crippen LogP contribution in [0.4, 0.5) is 0 Å². The number of aliphatic carboxylic acids is 1. The first-order valence-electron chi connectivity index (χ1n) is 4.19. The van der Waals surface area contributed by atoms with Crippen molar-refractivity contribution in [2.24, 2.45) is 0 Å². The summed E-state index contributed by atoms with van der Waals surface area (Å²) in [6.07, 6.45) is 1.81. The van der Waals surface area contributed by atoms with E-state index in [1.54, 1.807) is 0 Å². The van der Waals surface area contributed by atoms with E-state index in [0.717, 1.165) is 6.42 Å². The Morgan fingerprint density at radius 2 is 2.08 bits per heavy atom. The molecule has 0 heterocycles. The predicted octanol–water partition coefficient (Wildman–Crippen LogP) is 0.888. The molecule has 2 nitrogen and oxygen atoms in total. The number of carboxylic acids is 1. The first kappa shape index (κ1) is 10.3. The summed E-state index contributed by atoms with van der Waals surface area (Å²) in [4.78, 5) is 10.3. The Labute approximate surface area is 86.5 Å². The molecule has 0 spiro atoms. The Balaban J connectivity index is 2.45. The van der Waals surface area contributed by atoms with E-state index in [0.29, 0.717) is 6.42 Å². The summed E-state index contributed by atoms with van der Waals surface area (Å²) in [6, 6.07) is 8.02. The molecule has 13 heavy (non-hydrogen) atoms. The van der Waals surface area contributed by atoms with Crippen molar-refractivity contribution in [3.63, 3.8) is 0 Å². The summed E-state index contributed by atoms with van der Waals surface area (Å²) in [6.45, 7) is 0. The van der Waals surface area contributed by atoms with Gasteiger partial charge in [0, 0.05) is 0 Å². The second-order valence-corrected chi connectivity index (χ2v) is 3.89. The topological polar surface area (TPSA) is 37.3 Å². The zero-order valence-electron chi connectivity index (χ0n) is 7.23. The minimum atomic E-state index is -0.719. The van der Waals surface area contributed by atoms with Gasteiger partial charge in [-0.1, -0.05) is 0 Å². The van der Waals surface area contributed by atoms with Crippen LogP contribution < -0.4 is 4.35 Å². The zero-order chi connectivity index (χ0) is 9.68. The van der Waals surface area contributed by atoms with Crippen molar-refractivity contribution in [3.8, 4) is 0 Å². The van der Waals surface area contributed by atoms with E-state index in [9.17, 15) is 4.79 Å². The van der Waals surface area contributed by atoms with Crippen LogP contribution >= 0.6 is 0 Å². The Kier molecular flexibility index (Phi) is 4.04. The van der Waals surface area contributed by atoms with E-state index in [-0.39, 0.29) is 6.42 Å². The van der Waals surface area contributed by atoms with Gasteiger partial charge in [0.1, 0.15) is 0 Å². The van der Waals surface area contributed by atoms with E-state index >= 15 is 0 Å². The summed E-state index contributed by atoms with van der Waals surface area (Å²) in [7, 11) is 0. The molecule has 2 radical (unpaired) electrons. The molecule has 0 aromatic heterocycles. The van der Waals surface area contributed by atoms with Gasteiger partial charge in [-0.2, -0.15) is 0 Å². The molecule has 1 aromatic rings. The standard InChI is InChI=1S/C10H11AsO2/c11-9-6-2-1-4-8(9)5-3-7-10(12)13/h1-2,4,6H,3,5,7H2,(H,12,13). The molecule has 0 fully saturated rings. The van der Waals surface area contributed by atoms with Crippen LogP contribution in [0, 0.1) is 0 Å². The molecular formula is C10H11AsO2. The molecule has 0 saturated carbocycles. The van der Waals surface area contributed by atoms with E-state index in [4.69, 9.17) is 5.11 Å². The molecule has 0 unspecified atom stereocenters. The molecule has 0 aliphatic carbocycles. The zero-order valence-corrected chi connectivity index (χ0v) is 9.11. The predicted molar refractivity (Wildman–Crippen MR) is 52.4 cm³/mol. The molecule has 0 saturated heterocycles. The van der Waals surface area contributed by atoms with Crippen molar-refractivity contribution >= 4 is 27.2 Å². The third-order valence-electron chi connectivity index (χ3n) is 1.83. The van der Waals surface area contributed by atoms with Crippen LogP contribution in [0.5, 0.6) is 0 Å². The fourth-order valence-electron chi connectivity index (χ4n) is 1.15. The first-order chi connectivity index (χ1) is 6.20. The molecule has 1 aromatic carbocycles. The van der Waals surface area contributed by atoms with Crippen LogP contribution in [0.2, 0.25) is 0 Å². The Hall–Kier alpha value is -0.752. The third kappa shape index (κ3) is 3.64. The molecule has 1 N–H and O–H groups in total. The number of hydrogen-bond acceptors (Lipinski definition) is 1. The van der Waals surface area contributed by atoms with Crippen molar-refractivity contribution in [3.05, 3.63) is 29.8 Å². The molecule has 3 heteroatoms. The molecule has 0 bridgehead atoms. The Bertz CT molecular complexity index is 297. The summed E-state index contributed by atoms with van der Waals surface area (Å²) in [5, 5.41) is 8.46. The second-order valence-electron chi connectivity index (χ2n) is 2.88. The molecule has 0 atom stereocenters. The van der Waals surface area contributed by atoms with Crippen molar-refractivity contribution in [2.75, 3.05) is 0 Å². The summed E-state index contributed by atoms with van der Waals surface area (Å²) >= 11 is 2.51. The number of carboxylic acid groups (broad SMARTS) is 1. The van der Waals surface area contributed by atoms with Gasteiger partial charge in [0.25, 0.3) is 0 Å². The third-order valence-corrected chi connectivity index (χ3v) is 2.74. The maximum absolute atomic E-state index is 10.3. The Morgan fingerprint density at radius 1 is 1.38 bits per heavy atom. The van der Waals surface area contributed by atoms with Crippen LogP contribution in [0.3, 0.4) is 0 Å². The monoisotopic (exact) mass is 238 g/mol. The Morgan fingerprint density at radius 3 is 2.69 bits per heavy atom. The maximum atomic E-state index is 10.3. The molecule has 68 valence electrons. The summed E-state index contributed by atoms with van der Waals surface area (Å²) < 4.78 is 1.18. The average molecular weight is 238 g/mol. The van der Waals surface area contributed by atoms with Crippen LogP contribution in [0.1, 0.15) is 18.4 Å². The summed E-state index contributed by atoms with van der Waals surface area (Å²) in [5.74, 6) is -0.719. The van der Waals surface area contributed by atoms with Gasteiger partial charge in [0.15, 0.2) is 0 Å². The van der Waals surface area contributed by atoms with E-state index in [1.807, 2.05) is 24.3 Å². The number of benzene rings is 1. The van der Waals surface area contributed by atoms with Gasteiger partial charge in [-0.05, 0) is 0 Å². The van der Waals surface area contributed by atoms with Gasteiger partial charge in [-0.15, -0.1) is 0 Å². The molecule has 0 aliphatic heterocycles. The first-order valence-corrected chi connectivity index (χ1v) is 5.12. The van der Waals surface area contributed by atoms with E-state index < -0.39 is 5.97 Å². The fourth-order valence-corrected chi connectivity index (χ4v) is 1.72. The van der Waals surface area contributed by atoms with Gasteiger partial charge < -0.3 is 0 Å². The number of rotatable bonds is 4. The number of hydrogen-bond donors (Lipinski definition) is 1. The van der Waals surface area contributed by atoms with Gasteiger partial charge in [-0.25, -0.2) is 0 Å². The molecule has 0 amide bonds. The average Bonchev–Trinajstić information content (AvgIpc) is 2.08. The minimum absolute atomic E-state index is 0.251. The van der Waals surface area contributed by atoms with E-state index in [2.05, 4.69) is 16.9 Å². The number of carbonyl (C=O) groups is 1. The van der Waals surface area contributed by atoms with Crippen LogP contribution in [-0.2, 0) is 11.2 Å². The van der Waals surface area contributed by atoms with Crippen molar-refractivity contribution in [2.45, 2.75) is 19.3 Å². The quantitative estimate of drug-likeness (QED) is 0.791.